The zero-order valence-electron chi connectivity index (χ0n) is 12.3. The van der Waals surface area contributed by atoms with Gasteiger partial charge in [-0.25, -0.2) is 0 Å². The van der Waals surface area contributed by atoms with Crippen LogP contribution in [0.5, 0.6) is 5.75 Å². The Bertz CT molecular complexity index is 419. The van der Waals surface area contributed by atoms with Gasteiger partial charge in [0.15, 0.2) is 0 Å². The van der Waals surface area contributed by atoms with Gasteiger partial charge < -0.3 is 14.8 Å². The fourth-order valence-corrected chi connectivity index (χ4v) is 3.16. The van der Waals surface area contributed by atoms with E-state index < -0.39 is 0 Å². The van der Waals surface area contributed by atoms with Crippen LogP contribution in [0.15, 0.2) is 22.7 Å². The molecule has 1 aliphatic heterocycles. The second-order valence-electron chi connectivity index (χ2n) is 5.34. The summed E-state index contributed by atoms with van der Waals surface area (Å²) < 4.78 is 12.1. The second kappa shape index (κ2) is 8.01. The molecule has 4 heteroatoms. The molecular formula is C16H24BrNO2. The summed E-state index contributed by atoms with van der Waals surface area (Å²) in [5, 5.41) is 3.68. The predicted octanol–water partition coefficient (Wildman–Crippen LogP) is 3.40. The van der Waals surface area contributed by atoms with E-state index in [1.54, 1.807) is 7.11 Å². The van der Waals surface area contributed by atoms with Gasteiger partial charge in [-0.3, -0.25) is 0 Å². The van der Waals surface area contributed by atoms with Gasteiger partial charge in [0.25, 0.3) is 0 Å². The SMILES string of the molecule is CCCNC(Cc1cc(Br)ccc1OC)C1CCOC1. The second-order valence-corrected chi connectivity index (χ2v) is 6.26. The first kappa shape index (κ1) is 15.8. The third kappa shape index (κ3) is 4.21. The summed E-state index contributed by atoms with van der Waals surface area (Å²) in [5.74, 6) is 1.57. The number of nitrogens with one attached hydrogen (secondary N) is 1. The number of rotatable bonds is 7. The van der Waals surface area contributed by atoms with E-state index in [-0.39, 0.29) is 0 Å². The van der Waals surface area contributed by atoms with Crippen molar-refractivity contribution in [3.05, 3.63) is 28.2 Å². The molecule has 3 nitrogen and oxygen atoms in total. The van der Waals surface area contributed by atoms with Crippen LogP contribution in [-0.4, -0.2) is 32.9 Å². The van der Waals surface area contributed by atoms with E-state index in [1.807, 2.05) is 12.1 Å². The van der Waals surface area contributed by atoms with Crippen LogP contribution in [0.2, 0.25) is 0 Å². The van der Waals surface area contributed by atoms with Crippen LogP contribution in [0.4, 0.5) is 0 Å². The number of halogens is 1. The van der Waals surface area contributed by atoms with E-state index in [9.17, 15) is 0 Å². The van der Waals surface area contributed by atoms with E-state index in [2.05, 4.69) is 34.2 Å². The van der Waals surface area contributed by atoms with E-state index in [0.717, 1.165) is 49.2 Å². The fourth-order valence-electron chi connectivity index (χ4n) is 2.75. The quantitative estimate of drug-likeness (QED) is 0.824. The van der Waals surface area contributed by atoms with Crippen LogP contribution in [0.3, 0.4) is 0 Å². The number of hydrogen-bond donors (Lipinski definition) is 1. The van der Waals surface area contributed by atoms with Gasteiger partial charge >= 0.3 is 0 Å². The number of hydrogen-bond acceptors (Lipinski definition) is 3. The van der Waals surface area contributed by atoms with Crippen molar-refractivity contribution in [1.82, 2.24) is 5.32 Å². The van der Waals surface area contributed by atoms with Crippen molar-refractivity contribution in [1.29, 1.82) is 0 Å². The van der Waals surface area contributed by atoms with Gasteiger partial charge in [0.2, 0.25) is 0 Å². The lowest BCUT2D eigenvalue weighted by molar-refractivity contribution is 0.176. The molecule has 1 aromatic rings. The normalized spacial score (nSPS) is 20.1. The molecule has 0 radical (unpaired) electrons. The first-order valence-corrected chi connectivity index (χ1v) is 8.17. The molecule has 1 aromatic carbocycles. The molecule has 2 atom stereocenters. The maximum absolute atomic E-state index is 5.56. The molecule has 0 saturated carbocycles. The Morgan fingerprint density at radius 2 is 2.35 bits per heavy atom. The van der Waals surface area contributed by atoms with Gasteiger partial charge in [0.1, 0.15) is 5.75 Å². The third-order valence-electron chi connectivity index (χ3n) is 3.87. The lowest BCUT2D eigenvalue weighted by atomic mass is 9.92. The third-order valence-corrected chi connectivity index (χ3v) is 4.37. The molecule has 20 heavy (non-hydrogen) atoms. The molecule has 0 bridgehead atoms. The maximum Gasteiger partial charge on any atom is 0.122 e. The average Bonchev–Trinajstić information content (AvgIpc) is 2.97. The minimum absolute atomic E-state index is 0.459. The standard InChI is InChI=1S/C16H24BrNO2/c1-3-7-18-15(12-6-8-20-11-12)10-13-9-14(17)4-5-16(13)19-2/h4-5,9,12,15,18H,3,6-8,10-11H2,1-2H3. The summed E-state index contributed by atoms with van der Waals surface area (Å²) in [5.41, 5.74) is 1.25. The summed E-state index contributed by atoms with van der Waals surface area (Å²) in [6.45, 7) is 5.02. The Morgan fingerprint density at radius 1 is 1.50 bits per heavy atom. The van der Waals surface area contributed by atoms with E-state index in [1.165, 1.54) is 5.56 Å². The minimum atomic E-state index is 0.459. The average molecular weight is 342 g/mol. The zero-order valence-corrected chi connectivity index (χ0v) is 13.9. The molecule has 1 N–H and O–H groups in total. The minimum Gasteiger partial charge on any atom is -0.496 e. The van der Waals surface area contributed by atoms with Crippen LogP contribution in [0.1, 0.15) is 25.3 Å². The van der Waals surface area contributed by atoms with E-state index in [0.29, 0.717) is 12.0 Å². The van der Waals surface area contributed by atoms with Gasteiger partial charge in [0, 0.05) is 23.0 Å². The summed E-state index contributed by atoms with van der Waals surface area (Å²) in [4.78, 5) is 0. The first-order valence-electron chi connectivity index (χ1n) is 7.38. The molecule has 1 aliphatic rings. The van der Waals surface area contributed by atoms with Crippen molar-refractivity contribution in [3.8, 4) is 5.75 Å². The Balaban J connectivity index is 2.11. The van der Waals surface area contributed by atoms with Crippen molar-refractivity contribution in [2.75, 3.05) is 26.9 Å². The van der Waals surface area contributed by atoms with Gasteiger partial charge in [-0.05, 0) is 49.6 Å². The van der Waals surface area contributed by atoms with Gasteiger partial charge in [-0.15, -0.1) is 0 Å². The summed E-state index contributed by atoms with van der Waals surface area (Å²) in [6, 6.07) is 6.67. The summed E-state index contributed by atoms with van der Waals surface area (Å²) >= 11 is 3.55. The van der Waals surface area contributed by atoms with Crippen LogP contribution in [0.25, 0.3) is 0 Å². The lowest BCUT2D eigenvalue weighted by Gasteiger charge is -2.24. The lowest BCUT2D eigenvalue weighted by Crippen LogP contribution is -2.39. The molecular weight excluding hydrogens is 318 g/mol. The highest BCUT2D eigenvalue weighted by molar-refractivity contribution is 9.10. The molecule has 0 aromatic heterocycles. The van der Waals surface area contributed by atoms with E-state index in [4.69, 9.17) is 9.47 Å². The van der Waals surface area contributed by atoms with Crippen LogP contribution in [0, 0.1) is 5.92 Å². The molecule has 2 rings (SSSR count). The summed E-state index contributed by atoms with van der Waals surface area (Å²) in [7, 11) is 1.74. The van der Waals surface area contributed by atoms with Gasteiger partial charge in [0.05, 0.1) is 13.7 Å². The Morgan fingerprint density at radius 3 is 3.00 bits per heavy atom. The predicted molar refractivity (Wildman–Crippen MR) is 85.4 cm³/mol. The van der Waals surface area contributed by atoms with Crippen LogP contribution >= 0.6 is 15.9 Å². The Kier molecular flexibility index (Phi) is 6.33. The van der Waals surface area contributed by atoms with Crippen molar-refractivity contribution >= 4 is 15.9 Å². The smallest absolute Gasteiger partial charge is 0.122 e. The number of methoxy groups -OCH3 is 1. The molecule has 1 fully saturated rings. The molecule has 2 unspecified atom stereocenters. The van der Waals surface area contributed by atoms with Crippen molar-refractivity contribution in [2.45, 2.75) is 32.2 Å². The van der Waals surface area contributed by atoms with Gasteiger partial charge in [-0.2, -0.15) is 0 Å². The highest BCUT2D eigenvalue weighted by Crippen LogP contribution is 2.27. The molecule has 112 valence electrons. The molecule has 1 heterocycles. The highest BCUT2D eigenvalue weighted by Gasteiger charge is 2.26. The molecule has 0 spiro atoms. The van der Waals surface area contributed by atoms with Crippen molar-refractivity contribution in [2.24, 2.45) is 5.92 Å². The largest absolute Gasteiger partial charge is 0.496 e. The molecule has 0 aliphatic carbocycles. The first-order chi connectivity index (χ1) is 9.74. The molecule has 0 amide bonds. The fraction of sp³-hybridized carbons (Fsp3) is 0.625. The zero-order chi connectivity index (χ0) is 14.4. The van der Waals surface area contributed by atoms with Crippen LogP contribution < -0.4 is 10.1 Å². The monoisotopic (exact) mass is 341 g/mol. The number of benzene rings is 1. The summed E-state index contributed by atoms with van der Waals surface area (Å²) in [6.07, 6.45) is 3.29. The Labute approximate surface area is 130 Å². The van der Waals surface area contributed by atoms with Crippen molar-refractivity contribution in [3.63, 3.8) is 0 Å². The van der Waals surface area contributed by atoms with E-state index >= 15 is 0 Å². The van der Waals surface area contributed by atoms with Crippen molar-refractivity contribution < 1.29 is 9.47 Å². The molecule has 1 saturated heterocycles. The van der Waals surface area contributed by atoms with Crippen LogP contribution in [-0.2, 0) is 11.2 Å². The Hall–Kier alpha value is -0.580. The maximum atomic E-state index is 5.56. The highest BCUT2D eigenvalue weighted by atomic mass is 79.9. The number of ether oxygens (including phenoxy) is 2. The topological polar surface area (TPSA) is 30.5 Å². The van der Waals surface area contributed by atoms with Gasteiger partial charge in [-0.1, -0.05) is 22.9 Å².